The average Bonchev–Trinajstić information content (AvgIpc) is 3.11. The van der Waals surface area contributed by atoms with Gasteiger partial charge in [0.15, 0.2) is 16.8 Å². The van der Waals surface area contributed by atoms with Crippen molar-refractivity contribution in [2.45, 2.75) is 25.5 Å². The monoisotopic (exact) mass is 394 g/mol. The van der Waals surface area contributed by atoms with Crippen LogP contribution in [0.4, 0.5) is 0 Å². The molecule has 0 amide bonds. The van der Waals surface area contributed by atoms with Crippen LogP contribution >= 0.6 is 11.8 Å². The number of hydrogen-bond donors (Lipinski definition) is 0. The van der Waals surface area contributed by atoms with E-state index in [1.165, 1.54) is 11.8 Å². The van der Waals surface area contributed by atoms with Crippen molar-refractivity contribution in [2.75, 3.05) is 12.9 Å². The Labute approximate surface area is 168 Å². The lowest BCUT2D eigenvalue weighted by molar-refractivity contribution is 0.102. The second kappa shape index (κ2) is 8.84. The molecule has 0 aliphatic carbocycles. The summed E-state index contributed by atoms with van der Waals surface area (Å²) in [5.74, 6) is 1.84. The van der Waals surface area contributed by atoms with Crippen LogP contribution in [0.3, 0.4) is 0 Å². The number of hydrogen-bond acceptors (Lipinski definition) is 6. The Hall–Kier alpha value is -2.93. The number of carbonyl (C=O) groups is 1. The highest BCUT2D eigenvalue weighted by atomic mass is 32.2. The number of allylic oxidation sites excluding steroid dienone is 1. The van der Waals surface area contributed by atoms with Gasteiger partial charge in [-0.25, -0.2) is 0 Å². The third-order valence-corrected chi connectivity index (χ3v) is 5.31. The molecule has 3 aromatic rings. The highest BCUT2D eigenvalue weighted by Gasteiger charge is 2.17. The molecule has 0 N–H and O–H groups in total. The molecule has 0 aliphatic rings. The summed E-state index contributed by atoms with van der Waals surface area (Å²) in [5.41, 5.74) is 3.47. The zero-order chi connectivity index (χ0) is 20.1. The third-order valence-electron chi connectivity index (χ3n) is 4.34. The highest BCUT2D eigenvalue weighted by Crippen LogP contribution is 2.27. The van der Waals surface area contributed by atoms with Crippen LogP contribution in [0.15, 0.2) is 54.5 Å². The Kier molecular flexibility index (Phi) is 6.26. The maximum Gasteiger partial charge on any atom is 0.192 e. The predicted octanol–water partition coefficient (Wildman–Crippen LogP) is 4.13. The SMILES string of the molecule is C=CCn1c(SCC(=O)c2cc(C)c(OC)cc2C)nnc1-c1ccncc1. The molecule has 0 saturated heterocycles. The maximum atomic E-state index is 12.8. The highest BCUT2D eigenvalue weighted by molar-refractivity contribution is 7.99. The van der Waals surface area contributed by atoms with Crippen LogP contribution in [0, 0.1) is 13.8 Å². The van der Waals surface area contributed by atoms with Gasteiger partial charge < -0.3 is 4.74 Å². The molecule has 0 spiro atoms. The van der Waals surface area contributed by atoms with Gasteiger partial charge in [0, 0.05) is 30.1 Å². The van der Waals surface area contributed by atoms with Gasteiger partial charge in [-0.2, -0.15) is 0 Å². The molecule has 0 bridgehead atoms. The number of aryl methyl sites for hydroxylation is 2. The maximum absolute atomic E-state index is 12.8. The first-order chi connectivity index (χ1) is 13.5. The number of rotatable bonds is 8. The molecule has 144 valence electrons. The molecule has 3 rings (SSSR count). The number of aromatic nitrogens is 4. The first-order valence-corrected chi connectivity index (χ1v) is 9.79. The average molecular weight is 395 g/mol. The fourth-order valence-corrected chi connectivity index (χ4v) is 3.75. The van der Waals surface area contributed by atoms with Crippen molar-refractivity contribution < 1.29 is 9.53 Å². The Balaban J connectivity index is 1.81. The molecule has 0 saturated carbocycles. The van der Waals surface area contributed by atoms with Crippen molar-refractivity contribution >= 4 is 17.5 Å². The molecule has 0 aliphatic heterocycles. The van der Waals surface area contributed by atoms with E-state index in [0.717, 1.165) is 28.3 Å². The van der Waals surface area contributed by atoms with Gasteiger partial charge in [0.1, 0.15) is 5.75 Å². The zero-order valence-corrected chi connectivity index (χ0v) is 17.0. The van der Waals surface area contributed by atoms with Crippen LogP contribution in [0.25, 0.3) is 11.4 Å². The topological polar surface area (TPSA) is 69.9 Å². The van der Waals surface area contributed by atoms with Gasteiger partial charge in [0.05, 0.1) is 12.9 Å². The van der Waals surface area contributed by atoms with Crippen LogP contribution in [-0.2, 0) is 6.54 Å². The molecule has 0 unspecified atom stereocenters. The summed E-state index contributed by atoms with van der Waals surface area (Å²) in [6, 6.07) is 7.54. The van der Waals surface area contributed by atoms with Crippen LogP contribution < -0.4 is 4.74 Å². The number of benzene rings is 1. The molecule has 0 atom stereocenters. The number of pyridine rings is 1. The molecule has 1 aromatic carbocycles. The number of Topliss-reactive ketones (excluding diaryl/α,β-unsaturated/α-hetero) is 1. The van der Waals surface area contributed by atoms with E-state index in [1.54, 1.807) is 25.6 Å². The minimum Gasteiger partial charge on any atom is -0.496 e. The van der Waals surface area contributed by atoms with E-state index in [-0.39, 0.29) is 11.5 Å². The quantitative estimate of drug-likeness (QED) is 0.325. The van der Waals surface area contributed by atoms with Crippen LogP contribution in [-0.4, -0.2) is 38.4 Å². The molecule has 2 heterocycles. The van der Waals surface area contributed by atoms with E-state index in [0.29, 0.717) is 17.3 Å². The Morgan fingerprint density at radius 1 is 1.21 bits per heavy atom. The van der Waals surface area contributed by atoms with E-state index in [9.17, 15) is 4.79 Å². The molecule has 2 aromatic heterocycles. The Morgan fingerprint density at radius 2 is 1.96 bits per heavy atom. The van der Waals surface area contributed by atoms with Crippen molar-refractivity contribution in [1.82, 2.24) is 19.7 Å². The molecule has 0 fully saturated rings. The fraction of sp³-hybridized carbons (Fsp3) is 0.238. The normalized spacial score (nSPS) is 10.7. The molecular formula is C21H22N4O2S. The molecule has 6 nitrogen and oxygen atoms in total. The Bertz CT molecular complexity index is 999. The van der Waals surface area contributed by atoms with Crippen molar-refractivity contribution in [3.63, 3.8) is 0 Å². The summed E-state index contributed by atoms with van der Waals surface area (Å²) in [6.07, 6.45) is 5.22. The van der Waals surface area contributed by atoms with Gasteiger partial charge in [-0.3, -0.25) is 14.3 Å². The molecule has 7 heteroatoms. The van der Waals surface area contributed by atoms with E-state index >= 15 is 0 Å². The summed E-state index contributed by atoms with van der Waals surface area (Å²) in [6.45, 7) is 8.23. The minimum absolute atomic E-state index is 0.0480. The van der Waals surface area contributed by atoms with Crippen LogP contribution in [0.5, 0.6) is 5.75 Å². The van der Waals surface area contributed by atoms with Crippen molar-refractivity contribution in [2.24, 2.45) is 0 Å². The van der Waals surface area contributed by atoms with Crippen LogP contribution in [0.1, 0.15) is 21.5 Å². The lowest BCUT2D eigenvalue weighted by atomic mass is 10.0. The van der Waals surface area contributed by atoms with E-state index < -0.39 is 0 Å². The van der Waals surface area contributed by atoms with E-state index in [1.807, 2.05) is 42.7 Å². The predicted molar refractivity (Wildman–Crippen MR) is 111 cm³/mol. The standard InChI is InChI=1S/C21H22N4O2S/c1-5-10-25-20(16-6-8-22-9-7-16)23-24-21(25)28-13-18(26)17-11-15(3)19(27-4)12-14(17)2/h5-9,11-12H,1,10,13H2,2-4H3. The van der Waals surface area contributed by atoms with Gasteiger partial charge >= 0.3 is 0 Å². The van der Waals surface area contributed by atoms with Gasteiger partial charge in [-0.15, -0.1) is 16.8 Å². The van der Waals surface area contributed by atoms with Gasteiger partial charge in [0.2, 0.25) is 0 Å². The smallest absolute Gasteiger partial charge is 0.192 e. The lowest BCUT2D eigenvalue weighted by Gasteiger charge is -2.11. The number of carbonyl (C=O) groups excluding carboxylic acids is 1. The third kappa shape index (κ3) is 4.14. The van der Waals surface area contributed by atoms with Gasteiger partial charge in [0.25, 0.3) is 0 Å². The van der Waals surface area contributed by atoms with Crippen molar-refractivity contribution in [3.05, 3.63) is 66.0 Å². The number of ketones is 1. The molecule has 28 heavy (non-hydrogen) atoms. The number of ether oxygens (including phenoxy) is 1. The minimum atomic E-state index is 0.0480. The summed E-state index contributed by atoms with van der Waals surface area (Å²) >= 11 is 1.38. The van der Waals surface area contributed by atoms with Crippen molar-refractivity contribution in [1.29, 1.82) is 0 Å². The number of thioether (sulfide) groups is 1. The Morgan fingerprint density at radius 3 is 2.64 bits per heavy atom. The molecule has 0 radical (unpaired) electrons. The first-order valence-electron chi connectivity index (χ1n) is 8.81. The summed E-state index contributed by atoms with van der Waals surface area (Å²) < 4.78 is 7.28. The fourth-order valence-electron chi connectivity index (χ4n) is 2.92. The second-order valence-corrected chi connectivity index (χ2v) is 7.23. The summed E-state index contributed by atoms with van der Waals surface area (Å²) in [4.78, 5) is 16.8. The number of nitrogens with zero attached hydrogens (tertiary/aromatic N) is 4. The lowest BCUT2D eigenvalue weighted by Crippen LogP contribution is -2.08. The first kappa shape index (κ1) is 19.8. The second-order valence-electron chi connectivity index (χ2n) is 6.29. The number of methoxy groups -OCH3 is 1. The van der Waals surface area contributed by atoms with Crippen molar-refractivity contribution in [3.8, 4) is 17.1 Å². The van der Waals surface area contributed by atoms with E-state index in [4.69, 9.17) is 4.74 Å². The zero-order valence-electron chi connectivity index (χ0n) is 16.2. The van der Waals surface area contributed by atoms with E-state index in [2.05, 4.69) is 21.8 Å². The van der Waals surface area contributed by atoms with Crippen LogP contribution in [0.2, 0.25) is 0 Å². The summed E-state index contributed by atoms with van der Waals surface area (Å²) in [7, 11) is 1.63. The van der Waals surface area contributed by atoms with Gasteiger partial charge in [-0.1, -0.05) is 17.8 Å². The molecular weight excluding hydrogens is 372 g/mol. The van der Waals surface area contributed by atoms with Gasteiger partial charge in [-0.05, 0) is 49.2 Å². The summed E-state index contributed by atoms with van der Waals surface area (Å²) in [5, 5.41) is 9.26. The largest absolute Gasteiger partial charge is 0.496 e.